The van der Waals surface area contributed by atoms with Crippen molar-refractivity contribution in [3.8, 4) is 0 Å². The highest BCUT2D eigenvalue weighted by atomic mass is 16.9. The Morgan fingerprint density at radius 1 is 1.21 bits per heavy atom. The fraction of sp³-hybridized carbons (Fsp3) is 0.667. The zero-order valence-corrected chi connectivity index (χ0v) is 13.5. The smallest absolute Gasteiger partial charge is 0.350 e. The minimum absolute atomic E-state index is 0.145. The highest BCUT2D eigenvalue weighted by Gasteiger charge is 2.64. The minimum Gasteiger partial charge on any atom is -0.454 e. The largest absolute Gasteiger partial charge is 0.454 e. The molecule has 132 valence electrons. The minimum atomic E-state index is -1.26. The summed E-state index contributed by atoms with van der Waals surface area (Å²) < 4.78 is 31.7. The van der Waals surface area contributed by atoms with Crippen LogP contribution in [0.15, 0.2) is 12.2 Å². The van der Waals surface area contributed by atoms with Crippen molar-refractivity contribution in [3.05, 3.63) is 12.2 Å². The zero-order valence-electron chi connectivity index (χ0n) is 13.5. The second-order valence-electron chi connectivity index (χ2n) is 6.24. The first-order valence-corrected chi connectivity index (χ1v) is 7.41. The van der Waals surface area contributed by atoms with E-state index >= 15 is 0 Å². The summed E-state index contributed by atoms with van der Waals surface area (Å²) in [4.78, 5) is 34.9. The number of ether oxygens (including phenoxy) is 6. The Labute approximate surface area is 137 Å². The van der Waals surface area contributed by atoms with Crippen molar-refractivity contribution in [1.82, 2.24) is 0 Å². The normalized spacial score (nSPS) is 35.8. The van der Waals surface area contributed by atoms with Gasteiger partial charge in [-0.2, -0.15) is 0 Å². The number of carbonyl (C=O) groups excluding carboxylic acids is 3. The fourth-order valence-electron chi connectivity index (χ4n) is 2.76. The molecule has 3 heterocycles. The van der Waals surface area contributed by atoms with Crippen LogP contribution in [0.5, 0.6) is 0 Å². The molecule has 3 aliphatic heterocycles. The third-order valence-electron chi connectivity index (χ3n) is 3.74. The Bertz CT molecular complexity index is 596. The van der Waals surface area contributed by atoms with Crippen LogP contribution >= 0.6 is 0 Å². The quantitative estimate of drug-likeness (QED) is 0.390. The van der Waals surface area contributed by atoms with E-state index < -0.39 is 61.0 Å². The van der Waals surface area contributed by atoms with Crippen LogP contribution in [0.1, 0.15) is 20.8 Å². The topological polar surface area (TPSA) is 107 Å². The van der Waals surface area contributed by atoms with Crippen molar-refractivity contribution in [3.63, 3.8) is 0 Å². The molecule has 0 aromatic carbocycles. The molecule has 0 radical (unpaired) electrons. The van der Waals surface area contributed by atoms with Crippen molar-refractivity contribution in [2.24, 2.45) is 0 Å². The van der Waals surface area contributed by atoms with Crippen LogP contribution in [0.4, 0.5) is 0 Å². The first-order chi connectivity index (χ1) is 11.2. The van der Waals surface area contributed by atoms with E-state index in [0.29, 0.717) is 0 Å². The summed E-state index contributed by atoms with van der Waals surface area (Å²) in [6.07, 6.45) is -4.10. The zero-order chi connectivity index (χ0) is 17.6. The van der Waals surface area contributed by atoms with Crippen LogP contribution < -0.4 is 0 Å². The molecule has 0 aliphatic carbocycles. The Balaban J connectivity index is 1.58. The molecule has 0 saturated carbocycles. The maximum absolute atomic E-state index is 11.9. The van der Waals surface area contributed by atoms with E-state index in [1.165, 1.54) is 6.92 Å². The highest BCUT2D eigenvalue weighted by Crippen LogP contribution is 2.42. The predicted molar refractivity (Wildman–Crippen MR) is 74.2 cm³/mol. The fourth-order valence-corrected chi connectivity index (χ4v) is 2.76. The van der Waals surface area contributed by atoms with Gasteiger partial charge < -0.3 is 28.4 Å². The number of carbonyl (C=O) groups is 3. The first-order valence-electron chi connectivity index (χ1n) is 7.41. The van der Waals surface area contributed by atoms with Crippen molar-refractivity contribution in [1.29, 1.82) is 0 Å². The number of rotatable bonds is 4. The lowest BCUT2D eigenvalue weighted by atomic mass is 10.1. The summed E-state index contributed by atoms with van der Waals surface area (Å²) in [5.74, 6) is -3.21. The lowest BCUT2D eigenvalue weighted by Crippen LogP contribution is -2.38. The summed E-state index contributed by atoms with van der Waals surface area (Å²) >= 11 is 0. The van der Waals surface area contributed by atoms with Gasteiger partial charge in [-0.15, -0.1) is 0 Å². The molecular weight excluding hydrogens is 324 g/mol. The van der Waals surface area contributed by atoms with Crippen LogP contribution in [-0.4, -0.2) is 61.0 Å². The molecule has 9 nitrogen and oxygen atoms in total. The van der Waals surface area contributed by atoms with E-state index in [4.69, 9.17) is 23.7 Å². The molecule has 0 amide bonds. The monoisotopic (exact) mass is 342 g/mol. The molecule has 0 aromatic heterocycles. The van der Waals surface area contributed by atoms with Gasteiger partial charge in [-0.3, -0.25) is 0 Å². The summed E-state index contributed by atoms with van der Waals surface area (Å²) in [5, 5.41) is 0. The van der Waals surface area contributed by atoms with Gasteiger partial charge in [-0.05, 0) is 20.8 Å². The van der Waals surface area contributed by atoms with Gasteiger partial charge in [0.05, 0.1) is 0 Å². The van der Waals surface area contributed by atoms with Gasteiger partial charge in [0.1, 0.15) is 6.10 Å². The molecular formula is C15H18O9. The molecule has 0 spiro atoms. The molecule has 5 atom stereocenters. The van der Waals surface area contributed by atoms with Crippen molar-refractivity contribution >= 4 is 17.9 Å². The van der Waals surface area contributed by atoms with E-state index in [-0.39, 0.29) is 5.57 Å². The number of fused-ring (bicyclic) bond motifs is 3. The van der Waals surface area contributed by atoms with Gasteiger partial charge in [0, 0.05) is 5.57 Å². The third-order valence-corrected chi connectivity index (χ3v) is 3.74. The number of esters is 3. The second-order valence-corrected chi connectivity index (χ2v) is 6.24. The van der Waals surface area contributed by atoms with Gasteiger partial charge in [-0.25, -0.2) is 14.4 Å². The lowest BCUT2D eigenvalue weighted by Gasteiger charge is -2.21. The molecule has 3 fully saturated rings. The third kappa shape index (κ3) is 3.02. The van der Waals surface area contributed by atoms with Crippen LogP contribution in [0, 0.1) is 0 Å². The molecule has 3 aliphatic rings. The molecule has 24 heavy (non-hydrogen) atoms. The van der Waals surface area contributed by atoms with E-state index in [1.54, 1.807) is 13.8 Å². The van der Waals surface area contributed by atoms with Gasteiger partial charge in [0.2, 0.25) is 6.10 Å². The first kappa shape index (κ1) is 16.9. The summed E-state index contributed by atoms with van der Waals surface area (Å²) in [6.45, 7) is 7.62. The Kier molecular flexibility index (Phi) is 4.10. The highest BCUT2D eigenvalue weighted by molar-refractivity contribution is 5.89. The van der Waals surface area contributed by atoms with E-state index in [9.17, 15) is 14.4 Å². The SMILES string of the molecule is C=C(C)C(=O)OCC(=O)OC1C(=O)OC2C3OC(C)(C)OC3OC12. The lowest BCUT2D eigenvalue weighted by molar-refractivity contribution is -0.217. The Morgan fingerprint density at radius 3 is 2.58 bits per heavy atom. The standard InChI is InChI=1S/C15H18O9/c1-6(2)12(17)19-5-7(16)20-10-8-9(21-13(10)18)11-14(22-8)24-15(3,4)23-11/h8-11,14H,1,5H2,2-4H3. The summed E-state index contributed by atoms with van der Waals surface area (Å²) in [5.41, 5.74) is 0.145. The van der Waals surface area contributed by atoms with Gasteiger partial charge >= 0.3 is 17.9 Å². The Hall–Kier alpha value is -1.97. The van der Waals surface area contributed by atoms with Crippen LogP contribution in [-0.2, 0) is 42.8 Å². The van der Waals surface area contributed by atoms with E-state index in [2.05, 4.69) is 11.3 Å². The molecule has 3 rings (SSSR count). The molecule has 9 heteroatoms. The summed E-state index contributed by atoms with van der Waals surface area (Å²) in [6, 6.07) is 0. The maximum atomic E-state index is 11.9. The van der Waals surface area contributed by atoms with Crippen LogP contribution in [0.3, 0.4) is 0 Å². The molecule has 0 bridgehead atoms. The number of hydrogen-bond donors (Lipinski definition) is 0. The van der Waals surface area contributed by atoms with Crippen molar-refractivity contribution in [2.45, 2.75) is 57.3 Å². The second kappa shape index (κ2) is 5.83. The van der Waals surface area contributed by atoms with Gasteiger partial charge in [-0.1, -0.05) is 6.58 Å². The number of hydrogen-bond acceptors (Lipinski definition) is 9. The van der Waals surface area contributed by atoms with Gasteiger partial charge in [0.15, 0.2) is 30.9 Å². The van der Waals surface area contributed by atoms with Crippen LogP contribution in [0.2, 0.25) is 0 Å². The molecule has 0 aromatic rings. The van der Waals surface area contributed by atoms with E-state index in [1.807, 2.05) is 0 Å². The van der Waals surface area contributed by atoms with E-state index in [0.717, 1.165) is 0 Å². The Morgan fingerprint density at radius 2 is 1.92 bits per heavy atom. The predicted octanol–water partition coefficient (Wildman–Crippen LogP) is -0.181. The average molecular weight is 342 g/mol. The average Bonchev–Trinajstić information content (AvgIpc) is 3.04. The van der Waals surface area contributed by atoms with Crippen LogP contribution in [0.25, 0.3) is 0 Å². The maximum Gasteiger partial charge on any atom is 0.350 e. The van der Waals surface area contributed by atoms with Crippen molar-refractivity contribution in [2.75, 3.05) is 6.61 Å². The van der Waals surface area contributed by atoms with Crippen molar-refractivity contribution < 1.29 is 42.8 Å². The van der Waals surface area contributed by atoms with Gasteiger partial charge in [0.25, 0.3) is 0 Å². The molecule has 5 unspecified atom stereocenters. The molecule has 0 N–H and O–H groups in total. The summed E-state index contributed by atoms with van der Waals surface area (Å²) in [7, 11) is 0. The molecule has 3 saturated heterocycles.